The molecule has 2 fully saturated rings. The van der Waals surface area contributed by atoms with Crippen LogP contribution in [0.15, 0.2) is 27.9 Å². The van der Waals surface area contributed by atoms with Gasteiger partial charge >= 0.3 is 5.97 Å². The number of carbonyl (C=O) groups excluding carboxylic acids is 2. The van der Waals surface area contributed by atoms with E-state index in [1.807, 2.05) is 5.41 Å². The van der Waals surface area contributed by atoms with E-state index < -0.39 is 29.2 Å². The Bertz CT molecular complexity index is 1120. The van der Waals surface area contributed by atoms with Crippen LogP contribution in [0.5, 0.6) is 0 Å². The maximum Gasteiger partial charge on any atom is 0.352 e. The van der Waals surface area contributed by atoms with Gasteiger partial charge in [-0.2, -0.15) is 0 Å². The van der Waals surface area contributed by atoms with Crippen LogP contribution in [-0.2, 0) is 19.2 Å². The number of anilines is 1. The number of hydrogen-bond acceptors (Lipinski definition) is 11. The van der Waals surface area contributed by atoms with Crippen LogP contribution in [-0.4, -0.2) is 80.6 Å². The number of aromatic nitrogens is 1. The minimum atomic E-state index is -1.19. The summed E-state index contributed by atoms with van der Waals surface area (Å²) in [5.41, 5.74) is 6.00. The van der Waals surface area contributed by atoms with E-state index in [9.17, 15) is 19.5 Å². The van der Waals surface area contributed by atoms with Crippen LogP contribution in [0.25, 0.3) is 0 Å². The number of fused-ring (bicyclic) bond motifs is 1. The molecule has 1 aromatic rings. The number of carboxylic acid groups (broad SMARTS) is 1. The summed E-state index contributed by atoms with van der Waals surface area (Å²) < 4.78 is 0.156. The maximum atomic E-state index is 13.0. The molecule has 0 spiro atoms. The molecule has 3 atom stereocenters. The zero-order valence-electron chi connectivity index (χ0n) is 18.5. The third-order valence-corrected chi connectivity index (χ3v) is 8.84. The molecule has 0 aromatic carbocycles. The van der Waals surface area contributed by atoms with Gasteiger partial charge in [0.05, 0.1) is 0 Å². The summed E-state index contributed by atoms with van der Waals surface area (Å²) in [4.78, 5) is 48.3. The third kappa shape index (κ3) is 5.45. The number of oxime groups is 1. The van der Waals surface area contributed by atoms with Crippen LogP contribution >= 0.6 is 46.5 Å². The summed E-state index contributed by atoms with van der Waals surface area (Å²) in [6, 6.07) is -0.937. The molecule has 4 heterocycles. The Labute approximate surface area is 218 Å². The minimum Gasteiger partial charge on any atom is -0.477 e. The number of allylic oxidation sites excluding steroid dienone is 1. The number of nitrogens with one attached hydrogen (secondary N) is 2. The van der Waals surface area contributed by atoms with Crippen LogP contribution in [0.2, 0.25) is 4.34 Å². The van der Waals surface area contributed by atoms with E-state index in [-0.39, 0.29) is 33.2 Å². The first-order valence-corrected chi connectivity index (χ1v) is 13.9. The van der Waals surface area contributed by atoms with E-state index in [0.717, 1.165) is 30.8 Å². The van der Waals surface area contributed by atoms with Gasteiger partial charge in [-0.15, -0.1) is 23.5 Å². The highest BCUT2D eigenvalue weighted by Crippen LogP contribution is 2.41. The van der Waals surface area contributed by atoms with Crippen molar-refractivity contribution >= 4 is 75.1 Å². The molecule has 15 heteroatoms. The molecule has 11 nitrogen and oxygen atoms in total. The Kier molecular flexibility index (Phi) is 8.27. The van der Waals surface area contributed by atoms with Crippen molar-refractivity contribution in [2.24, 2.45) is 5.16 Å². The van der Waals surface area contributed by atoms with Crippen LogP contribution in [0.3, 0.4) is 0 Å². The fraction of sp³-hybridized carbons (Fsp3) is 0.450. The van der Waals surface area contributed by atoms with Crippen molar-refractivity contribution in [2.45, 2.75) is 30.0 Å². The molecule has 0 bridgehead atoms. The van der Waals surface area contributed by atoms with Crippen molar-refractivity contribution in [3.05, 3.63) is 32.8 Å². The summed E-state index contributed by atoms with van der Waals surface area (Å²) in [6.07, 6.45) is 2.81. The van der Waals surface area contributed by atoms with Gasteiger partial charge in [0.15, 0.2) is 10.8 Å². The van der Waals surface area contributed by atoms with Crippen molar-refractivity contribution in [3.63, 3.8) is 0 Å². The topological polar surface area (TPSA) is 159 Å². The minimum absolute atomic E-state index is 0.0496. The number of nitrogens with two attached hydrogens (primary N) is 1. The van der Waals surface area contributed by atoms with E-state index in [2.05, 4.69) is 20.8 Å². The lowest BCUT2D eigenvalue weighted by Gasteiger charge is -2.49. The fourth-order valence-electron chi connectivity index (χ4n) is 3.74. The smallest absolute Gasteiger partial charge is 0.352 e. The highest BCUT2D eigenvalue weighted by Gasteiger charge is 2.54. The fourth-order valence-corrected chi connectivity index (χ4v) is 6.92. The van der Waals surface area contributed by atoms with E-state index in [0.29, 0.717) is 16.6 Å². The number of amides is 2. The van der Waals surface area contributed by atoms with Gasteiger partial charge in [-0.3, -0.25) is 14.5 Å². The number of aliphatic carboxylic acids is 1. The Hall–Kier alpha value is -2.26. The molecule has 2 amide bonds. The average Bonchev–Trinajstić information content (AvgIpc) is 3.46. The van der Waals surface area contributed by atoms with Crippen LogP contribution in [0, 0.1) is 0 Å². The second-order valence-electron chi connectivity index (χ2n) is 7.63. The molecule has 5 N–H and O–H groups in total. The second kappa shape index (κ2) is 11.2. The number of carboxylic acids is 1. The molecular weight excluding hydrogens is 536 g/mol. The number of thioether (sulfide) groups is 2. The molecule has 4 rings (SSSR count). The Morgan fingerprint density at radius 3 is 2.94 bits per heavy atom. The zero-order valence-corrected chi connectivity index (χ0v) is 21.7. The third-order valence-electron chi connectivity index (χ3n) is 5.37. The summed E-state index contributed by atoms with van der Waals surface area (Å²) in [7, 11) is 0. The molecule has 35 heavy (non-hydrogen) atoms. The first-order chi connectivity index (χ1) is 16.8. The quantitative estimate of drug-likeness (QED) is 0.198. The highest BCUT2D eigenvalue weighted by atomic mass is 35.5. The summed E-state index contributed by atoms with van der Waals surface area (Å²) in [6.45, 7) is 3.77. The average molecular weight is 559 g/mol. The van der Waals surface area contributed by atoms with Gasteiger partial charge in [0, 0.05) is 17.5 Å². The van der Waals surface area contributed by atoms with Crippen LogP contribution in [0.1, 0.15) is 19.0 Å². The molecule has 3 aliphatic rings. The van der Waals surface area contributed by atoms with Crippen LogP contribution < -0.4 is 16.4 Å². The van der Waals surface area contributed by atoms with E-state index >= 15 is 0 Å². The van der Waals surface area contributed by atoms with Crippen molar-refractivity contribution in [2.75, 3.05) is 31.2 Å². The largest absolute Gasteiger partial charge is 0.477 e. The van der Waals surface area contributed by atoms with Crippen molar-refractivity contribution in [3.8, 4) is 0 Å². The summed E-state index contributed by atoms with van der Waals surface area (Å²) >= 11 is 10.1. The summed E-state index contributed by atoms with van der Waals surface area (Å²) in [5.74, 6) is -2.05. The van der Waals surface area contributed by atoms with Gasteiger partial charge in [0.1, 0.15) is 33.7 Å². The van der Waals surface area contributed by atoms with Crippen molar-refractivity contribution in [1.82, 2.24) is 20.5 Å². The Morgan fingerprint density at radius 1 is 1.51 bits per heavy atom. The second-order valence-corrected chi connectivity index (χ2v) is 11.6. The lowest BCUT2D eigenvalue weighted by molar-refractivity contribution is -0.150. The zero-order chi connectivity index (χ0) is 25.1. The Balaban J connectivity index is 1.49. The van der Waals surface area contributed by atoms with Crippen molar-refractivity contribution in [1.29, 1.82) is 0 Å². The lowest BCUT2D eigenvalue weighted by Crippen LogP contribution is -2.71. The van der Waals surface area contributed by atoms with Gasteiger partial charge in [-0.05, 0) is 36.9 Å². The van der Waals surface area contributed by atoms with Gasteiger partial charge in [0.25, 0.3) is 11.8 Å². The van der Waals surface area contributed by atoms with Gasteiger partial charge in [-0.1, -0.05) is 28.1 Å². The standard InChI is InChI=1S/C20H23ClN6O5S3/c1-2-32-26-12(11-15(21)35-20(22)25-11)16(28)24-13-17(29)27-14(19(30)31)9(8-34-18(13)27)4-6-33-10-3-5-23-7-10/h4,6,10,13,18,23H,2-3,5,7-8H2,1H3,(H2,22,25)(H,24,28)(H,30,31)/b6-4?,26-12-/t10-,13+,18+/m0/s1. The number of β-lactam (4-membered cyclic amide) rings is 1. The van der Waals surface area contributed by atoms with E-state index in [4.69, 9.17) is 22.2 Å². The molecule has 0 aliphatic carbocycles. The molecule has 0 radical (unpaired) electrons. The normalized spacial score (nSPS) is 24.5. The lowest BCUT2D eigenvalue weighted by atomic mass is 10.0. The number of thiazole rings is 1. The molecule has 0 saturated carbocycles. The number of carbonyl (C=O) groups is 3. The van der Waals surface area contributed by atoms with Crippen LogP contribution in [0.4, 0.5) is 5.13 Å². The highest BCUT2D eigenvalue weighted by molar-refractivity contribution is 8.02. The van der Waals surface area contributed by atoms with E-state index in [1.165, 1.54) is 16.7 Å². The monoisotopic (exact) mass is 558 g/mol. The Morgan fingerprint density at radius 2 is 2.31 bits per heavy atom. The van der Waals surface area contributed by atoms with E-state index in [1.54, 1.807) is 24.8 Å². The molecule has 2 saturated heterocycles. The predicted octanol–water partition coefficient (Wildman–Crippen LogP) is 1.47. The molecule has 188 valence electrons. The number of halogens is 1. The predicted molar refractivity (Wildman–Crippen MR) is 137 cm³/mol. The summed E-state index contributed by atoms with van der Waals surface area (Å²) in [5, 5.41) is 21.5. The van der Waals surface area contributed by atoms with Gasteiger partial charge in [0.2, 0.25) is 0 Å². The molecular formula is C20H23ClN6O5S3. The van der Waals surface area contributed by atoms with Crippen molar-refractivity contribution < 1.29 is 24.3 Å². The number of nitrogens with zero attached hydrogens (tertiary/aromatic N) is 3. The maximum absolute atomic E-state index is 13.0. The molecule has 1 aromatic heterocycles. The SMILES string of the molecule is CCO/N=C(\C(=O)N[C@@H]1C(=O)N2C(C(=O)O)=C(C=CS[C@H]3CCNC3)CS[C@H]12)c1nc(N)sc1Cl. The van der Waals surface area contributed by atoms with Gasteiger partial charge in [-0.25, -0.2) is 9.78 Å². The molecule has 3 aliphatic heterocycles. The van der Waals surface area contributed by atoms with Gasteiger partial charge < -0.3 is 26.3 Å². The molecule has 0 unspecified atom stereocenters. The number of nitrogen functional groups attached to an aromatic ring is 1. The first kappa shape index (κ1) is 25.8. The first-order valence-electron chi connectivity index (χ1n) is 10.7. The number of rotatable bonds is 9. The number of hydrogen-bond donors (Lipinski definition) is 4.